The van der Waals surface area contributed by atoms with E-state index in [1.165, 1.54) is 0 Å². The third-order valence-electron chi connectivity index (χ3n) is 4.39. The first kappa shape index (κ1) is 19.3. The molecule has 1 aromatic heterocycles. The van der Waals surface area contributed by atoms with Crippen molar-refractivity contribution < 1.29 is 17.9 Å². The molecule has 0 saturated heterocycles. The maximum atomic E-state index is 13.2. The van der Waals surface area contributed by atoms with Gasteiger partial charge in [-0.2, -0.15) is 18.2 Å². The highest BCUT2D eigenvalue weighted by Gasteiger charge is 2.34. The molecule has 1 aliphatic rings. The van der Waals surface area contributed by atoms with Gasteiger partial charge in [0.1, 0.15) is 11.6 Å². The van der Waals surface area contributed by atoms with Crippen LogP contribution in [0.25, 0.3) is 0 Å². The standard InChI is InChI=1S/C19H23F3N4O/c1-2-27-15-10-8-14(9-11-15)23-17-12-16(19(20,21)22)25-18(26-17)24-13-6-4-3-5-7-13/h8-13H,2-7H2,1H3,(H2,23,24,25,26). The molecule has 8 heteroatoms. The number of hydrogen-bond acceptors (Lipinski definition) is 5. The van der Waals surface area contributed by atoms with Crippen molar-refractivity contribution >= 4 is 17.5 Å². The van der Waals surface area contributed by atoms with Crippen molar-refractivity contribution in [2.45, 2.75) is 51.2 Å². The normalized spacial score (nSPS) is 15.4. The molecule has 0 bridgehead atoms. The maximum Gasteiger partial charge on any atom is 0.433 e. The summed E-state index contributed by atoms with van der Waals surface area (Å²) >= 11 is 0. The highest BCUT2D eigenvalue weighted by molar-refractivity contribution is 5.58. The lowest BCUT2D eigenvalue weighted by atomic mass is 9.96. The van der Waals surface area contributed by atoms with Crippen LogP contribution in [-0.2, 0) is 6.18 Å². The van der Waals surface area contributed by atoms with Crippen LogP contribution >= 0.6 is 0 Å². The molecule has 27 heavy (non-hydrogen) atoms. The van der Waals surface area contributed by atoms with E-state index in [4.69, 9.17) is 4.74 Å². The predicted octanol–water partition coefficient (Wildman–Crippen LogP) is 5.38. The van der Waals surface area contributed by atoms with E-state index in [2.05, 4.69) is 20.6 Å². The fraction of sp³-hybridized carbons (Fsp3) is 0.474. The SMILES string of the molecule is CCOc1ccc(Nc2cc(C(F)(F)F)nc(NC3CCCCC3)n2)cc1. The molecule has 1 saturated carbocycles. The summed E-state index contributed by atoms with van der Waals surface area (Å²) < 4.78 is 45.1. The van der Waals surface area contributed by atoms with E-state index in [0.717, 1.165) is 38.2 Å². The van der Waals surface area contributed by atoms with Crippen molar-refractivity contribution in [3.8, 4) is 5.75 Å². The first-order chi connectivity index (χ1) is 12.9. The Labute approximate surface area is 156 Å². The quantitative estimate of drug-likeness (QED) is 0.704. The van der Waals surface area contributed by atoms with Gasteiger partial charge in [0.2, 0.25) is 5.95 Å². The zero-order valence-electron chi connectivity index (χ0n) is 15.1. The minimum absolute atomic E-state index is 0.00478. The van der Waals surface area contributed by atoms with Crippen molar-refractivity contribution in [1.82, 2.24) is 9.97 Å². The molecular weight excluding hydrogens is 357 g/mol. The van der Waals surface area contributed by atoms with Crippen LogP contribution in [0.2, 0.25) is 0 Å². The number of nitrogens with one attached hydrogen (secondary N) is 2. The van der Waals surface area contributed by atoms with E-state index < -0.39 is 11.9 Å². The topological polar surface area (TPSA) is 59.1 Å². The number of alkyl halides is 3. The van der Waals surface area contributed by atoms with Gasteiger partial charge in [0.05, 0.1) is 6.61 Å². The van der Waals surface area contributed by atoms with Gasteiger partial charge in [0.25, 0.3) is 0 Å². The lowest BCUT2D eigenvalue weighted by Crippen LogP contribution is -2.24. The van der Waals surface area contributed by atoms with Crippen LogP contribution in [0, 0.1) is 0 Å². The van der Waals surface area contributed by atoms with Crippen LogP contribution in [0.1, 0.15) is 44.7 Å². The van der Waals surface area contributed by atoms with Gasteiger partial charge in [0.15, 0.2) is 5.69 Å². The van der Waals surface area contributed by atoms with Crippen LogP contribution in [-0.4, -0.2) is 22.6 Å². The molecular formula is C19H23F3N4O. The zero-order valence-corrected chi connectivity index (χ0v) is 15.1. The molecule has 0 amide bonds. The predicted molar refractivity (Wildman–Crippen MR) is 98.4 cm³/mol. The molecule has 5 nitrogen and oxygen atoms in total. The Morgan fingerprint density at radius 3 is 2.41 bits per heavy atom. The third kappa shape index (κ3) is 5.48. The fourth-order valence-corrected chi connectivity index (χ4v) is 3.10. The molecule has 1 aromatic carbocycles. The average molecular weight is 380 g/mol. The minimum Gasteiger partial charge on any atom is -0.494 e. The second kappa shape index (κ2) is 8.45. The van der Waals surface area contributed by atoms with Crippen LogP contribution in [0.3, 0.4) is 0 Å². The lowest BCUT2D eigenvalue weighted by Gasteiger charge is -2.23. The highest BCUT2D eigenvalue weighted by atomic mass is 19.4. The van der Waals surface area contributed by atoms with Crippen molar-refractivity contribution in [2.24, 2.45) is 0 Å². The third-order valence-corrected chi connectivity index (χ3v) is 4.39. The van der Waals surface area contributed by atoms with Crippen LogP contribution in [0.15, 0.2) is 30.3 Å². The van der Waals surface area contributed by atoms with E-state index in [-0.39, 0.29) is 17.8 Å². The van der Waals surface area contributed by atoms with Crippen LogP contribution in [0.5, 0.6) is 5.75 Å². The molecule has 2 N–H and O–H groups in total. The van der Waals surface area contributed by atoms with E-state index in [9.17, 15) is 13.2 Å². The summed E-state index contributed by atoms with van der Waals surface area (Å²) in [7, 11) is 0. The van der Waals surface area contributed by atoms with Crippen molar-refractivity contribution in [3.05, 3.63) is 36.0 Å². The number of anilines is 3. The number of aromatic nitrogens is 2. The Balaban J connectivity index is 1.81. The molecule has 0 atom stereocenters. The van der Waals surface area contributed by atoms with E-state index in [0.29, 0.717) is 18.0 Å². The molecule has 0 radical (unpaired) electrons. The van der Waals surface area contributed by atoms with Crippen molar-refractivity contribution in [2.75, 3.05) is 17.2 Å². The van der Waals surface area contributed by atoms with Gasteiger partial charge >= 0.3 is 6.18 Å². The number of benzene rings is 1. The fourth-order valence-electron chi connectivity index (χ4n) is 3.10. The van der Waals surface area contributed by atoms with Gasteiger partial charge in [-0.3, -0.25) is 0 Å². The van der Waals surface area contributed by atoms with Gasteiger partial charge < -0.3 is 15.4 Å². The summed E-state index contributed by atoms with van der Waals surface area (Å²) in [6.07, 6.45) is 0.581. The van der Waals surface area contributed by atoms with Gasteiger partial charge in [-0.25, -0.2) is 4.98 Å². The lowest BCUT2D eigenvalue weighted by molar-refractivity contribution is -0.141. The molecule has 1 heterocycles. The summed E-state index contributed by atoms with van der Waals surface area (Å²) in [5, 5.41) is 5.98. The van der Waals surface area contributed by atoms with Crippen LogP contribution in [0.4, 0.5) is 30.6 Å². The summed E-state index contributed by atoms with van der Waals surface area (Å²) in [4.78, 5) is 7.90. The molecule has 1 aliphatic carbocycles. The zero-order chi connectivity index (χ0) is 19.3. The average Bonchev–Trinajstić information content (AvgIpc) is 2.63. The molecule has 0 spiro atoms. The Bertz CT molecular complexity index is 744. The molecule has 0 unspecified atom stereocenters. The molecule has 146 valence electrons. The Kier molecular flexibility index (Phi) is 6.03. The van der Waals surface area contributed by atoms with Crippen molar-refractivity contribution in [3.63, 3.8) is 0 Å². The number of hydrogen-bond donors (Lipinski definition) is 2. The molecule has 2 aromatic rings. The first-order valence-corrected chi connectivity index (χ1v) is 9.17. The highest BCUT2D eigenvalue weighted by Crippen LogP contribution is 2.31. The summed E-state index contributed by atoms with van der Waals surface area (Å²) in [5.74, 6) is 0.798. The number of nitrogens with zero attached hydrogens (tertiary/aromatic N) is 2. The smallest absolute Gasteiger partial charge is 0.433 e. The van der Waals surface area contributed by atoms with E-state index in [1.54, 1.807) is 24.3 Å². The Hall–Kier alpha value is -2.51. The number of halogens is 3. The Morgan fingerprint density at radius 2 is 1.78 bits per heavy atom. The van der Waals surface area contributed by atoms with Crippen LogP contribution < -0.4 is 15.4 Å². The second-order valence-electron chi connectivity index (χ2n) is 6.52. The largest absolute Gasteiger partial charge is 0.494 e. The summed E-state index contributed by atoms with van der Waals surface area (Å²) in [5.41, 5.74) is -0.349. The van der Waals surface area contributed by atoms with E-state index in [1.807, 2.05) is 6.92 Å². The molecule has 3 rings (SSSR count). The molecule has 0 aliphatic heterocycles. The second-order valence-corrected chi connectivity index (χ2v) is 6.52. The van der Waals surface area contributed by atoms with E-state index >= 15 is 0 Å². The van der Waals surface area contributed by atoms with Gasteiger partial charge in [-0.15, -0.1) is 0 Å². The van der Waals surface area contributed by atoms with Gasteiger partial charge in [-0.1, -0.05) is 19.3 Å². The first-order valence-electron chi connectivity index (χ1n) is 9.17. The number of rotatable bonds is 6. The summed E-state index contributed by atoms with van der Waals surface area (Å²) in [6, 6.07) is 7.99. The van der Waals surface area contributed by atoms with Crippen molar-refractivity contribution in [1.29, 1.82) is 0 Å². The Morgan fingerprint density at radius 1 is 1.07 bits per heavy atom. The monoisotopic (exact) mass is 380 g/mol. The number of ether oxygens (including phenoxy) is 1. The molecule has 1 fully saturated rings. The maximum absolute atomic E-state index is 13.2. The van der Waals surface area contributed by atoms with Gasteiger partial charge in [-0.05, 0) is 44.0 Å². The minimum atomic E-state index is -4.54. The van der Waals surface area contributed by atoms with Gasteiger partial charge in [0, 0.05) is 17.8 Å². The summed E-state index contributed by atoms with van der Waals surface area (Å²) in [6.45, 7) is 2.43.